The Bertz CT molecular complexity index is 859. The molecule has 2 aromatic rings. The van der Waals surface area contributed by atoms with Crippen molar-refractivity contribution >= 4 is 11.4 Å². The van der Waals surface area contributed by atoms with E-state index in [4.69, 9.17) is 9.47 Å². The highest BCUT2D eigenvalue weighted by atomic mass is 19.1. The van der Waals surface area contributed by atoms with Crippen LogP contribution < -0.4 is 9.47 Å². The van der Waals surface area contributed by atoms with Gasteiger partial charge in [-0.3, -0.25) is 0 Å². The van der Waals surface area contributed by atoms with Crippen LogP contribution >= 0.6 is 0 Å². The van der Waals surface area contributed by atoms with E-state index in [1.165, 1.54) is 12.1 Å². The second-order valence-electron chi connectivity index (χ2n) is 5.96. The average molecular weight is 340 g/mol. The number of ether oxygens (including phenoxy) is 2. The van der Waals surface area contributed by atoms with Crippen molar-refractivity contribution in [3.63, 3.8) is 0 Å². The lowest BCUT2D eigenvalue weighted by Crippen LogP contribution is -2.13. The zero-order chi connectivity index (χ0) is 18.0. The van der Waals surface area contributed by atoms with Gasteiger partial charge in [-0.15, -0.1) is 5.10 Å². The van der Waals surface area contributed by atoms with Gasteiger partial charge in [0.1, 0.15) is 11.5 Å². The molecule has 0 aliphatic carbocycles. The molecule has 1 aliphatic rings. The van der Waals surface area contributed by atoms with Gasteiger partial charge in [-0.2, -0.15) is 5.10 Å². The number of hydrogen-bond acceptors (Lipinski definition) is 4. The van der Waals surface area contributed by atoms with Gasteiger partial charge in [0.15, 0.2) is 11.5 Å². The number of benzene rings is 2. The van der Waals surface area contributed by atoms with E-state index in [1.54, 1.807) is 20.3 Å². The van der Waals surface area contributed by atoms with Crippen LogP contribution in [-0.2, 0) is 0 Å². The standard InChI is InChI=1S/C20H21FN2O2/c1-5-15-12(2)22-23-20(13-7-6-8-14(21)9-13)17-11-19(25-4)18(24-3)10-16(15)17/h6-11,15H,5H2,1-4H3. The van der Waals surface area contributed by atoms with Crippen molar-refractivity contribution in [3.05, 3.63) is 58.9 Å². The van der Waals surface area contributed by atoms with Crippen LogP contribution in [0.5, 0.6) is 11.5 Å². The second kappa shape index (κ2) is 7.05. The predicted octanol–water partition coefficient (Wildman–Crippen LogP) is 4.56. The molecule has 2 aromatic carbocycles. The van der Waals surface area contributed by atoms with Gasteiger partial charge in [0, 0.05) is 22.8 Å². The third kappa shape index (κ3) is 3.14. The fraction of sp³-hybridized carbons (Fsp3) is 0.300. The molecule has 130 valence electrons. The van der Waals surface area contributed by atoms with Gasteiger partial charge >= 0.3 is 0 Å². The molecule has 4 nitrogen and oxygen atoms in total. The van der Waals surface area contributed by atoms with E-state index in [0.29, 0.717) is 22.8 Å². The van der Waals surface area contributed by atoms with Gasteiger partial charge in [-0.05, 0) is 43.2 Å². The molecule has 0 aromatic heterocycles. The van der Waals surface area contributed by atoms with Crippen LogP contribution in [0.4, 0.5) is 4.39 Å². The molecule has 1 unspecified atom stereocenters. The summed E-state index contributed by atoms with van der Waals surface area (Å²) in [6.07, 6.45) is 0.879. The van der Waals surface area contributed by atoms with Crippen molar-refractivity contribution in [2.24, 2.45) is 10.2 Å². The SMILES string of the molecule is CCC1C(C)=NN=C(c2cccc(F)c2)c2cc(OC)c(OC)cc21. The first-order chi connectivity index (χ1) is 12.1. The Hall–Kier alpha value is -2.69. The first kappa shape index (κ1) is 17.1. The minimum absolute atomic E-state index is 0.115. The van der Waals surface area contributed by atoms with E-state index in [-0.39, 0.29) is 11.7 Å². The smallest absolute Gasteiger partial charge is 0.161 e. The molecule has 3 rings (SSSR count). The minimum atomic E-state index is -0.306. The van der Waals surface area contributed by atoms with Gasteiger partial charge in [0.05, 0.1) is 14.2 Å². The summed E-state index contributed by atoms with van der Waals surface area (Å²) in [5.74, 6) is 1.08. The molecule has 0 spiro atoms. The third-order valence-corrected chi connectivity index (χ3v) is 4.50. The quantitative estimate of drug-likeness (QED) is 0.819. The number of halogens is 1. The summed E-state index contributed by atoms with van der Waals surface area (Å²) in [6.45, 7) is 4.07. The Kier molecular flexibility index (Phi) is 4.83. The van der Waals surface area contributed by atoms with Crippen molar-refractivity contribution in [3.8, 4) is 11.5 Å². The van der Waals surface area contributed by atoms with E-state index < -0.39 is 0 Å². The highest BCUT2D eigenvalue weighted by molar-refractivity contribution is 6.15. The minimum Gasteiger partial charge on any atom is -0.493 e. The van der Waals surface area contributed by atoms with Crippen molar-refractivity contribution in [1.82, 2.24) is 0 Å². The number of methoxy groups -OCH3 is 2. The molecule has 5 heteroatoms. The summed E-state index contributed by atoms with van der Waals surface area (Å²) in [7, 11) is 3.21. The summed E-state index contributed by atoms with van der Waals surface area (Å²) in [5.41, 5.74) is 4.17. The Balaban J connectivity index is 2.28. The number of fused-ring (bicyclic) bond motifs is 1. The summed E-state index contributed by atoms with van der Waals surface area (Å²) in [5, 5.41) is 8.82. The molecular weight excluding hydrogens is 319 g/mol. The molecule has 25 heavy (non-hydrogen) atoms. The molecule has 0 bridgehead atoms. The zero-order valence-corrected chi connectivity index (χ0v) is 14.8. The summed E-state index contributed by atoms with van der Waals surface area (Å²) in [6, 6.07) is 10.3. The van der Waals surface area contributed by atoms with E-state index in [2.05, 4.69) is 17.1 Å². The highest BCUT2D eigenvalue weighted by Crippen LogP contribution is 2.38. The van der Waals surface area contributed by atoms with Gasteiger partial charge in [0.2, 0.25) is 0 Å². The molecule has 0 fully saturated rings. The van der Waals surface area contributed by atoms with E-state index >= 15 is 0 Å². The lowest BCUT2D eigenvalue weighted by molar-refractivity contribution is 0.354. The Morgan fingerprint density at radius 3 is 2.40 bits per heavy atom. The number of rotatable bonds is 4. The van der Waals surface area contributed by atoms with Crippen LogP contribution in [0.25, 0.3) is 0 Å². The van der Waals surface area contributed by atoms with Gasteiger partial charge in [-0.25, -0.2) is 4.39 Å². The Morgan fingerprint density at radius 1 is 1.04 bits per heavy atom. The first-order valence-corrected chi connectivity index (χ1v) is 8.23. The average Bonchev–Trinajstić information content (AvgIpc) is 2.75. The molecule has 0 N–H and O–H groups in total. The van der Waals surface area contributed by atoms with Crippen LogP contribution in [0, 0.1) is 5.82 Å². The van der Waals surface area contributed by atoms with Crippen molar-refractivity contribution in [2.45, 2.75) is 26.2 Å². The topological polar surface area (TPSA) is 43.2 Å². The highest BCUT2D eigenvalue weighted by Gasteiger charge is 2.26. The summed E-state index contributed by atoms with van der Waals surface area (Å²) in [4.78, 5) is 0. The molecular formula is C20H21FN2O2. The van der Waals surface area contributed by atoms with Crippen LogP contribution in [0.2, 0.25) is 0 Å². The third-order valence-electron chi connectivity index (χ3n) is 4.50. The van der Waals surface area contributed by atoms with Crippen LogP contribution in [0.15, 0.2) is 46.6 Å². The molecule has 1 heterocycles. The van der Waals surface area contributed by atoms with Crippen LogP contribution in [0.3, 0.4) is 0 Å². The lowest BCUT2D eigenvalue weighted by Gasteiger charge is -2.20. The summed E-state index contributed by atoms with van der Waals surface area (Å²) >= 11 is 0. The van der Waals surface area contributed by atoms with Crippen molar-refractivity contribution in [2.75, 3.05) is 14.2 Å². The summed E-state index contributed by atoms with van der Waals surface area (Å²) < 4.78 is 24.7. The van der Waals surface area contributed by atoms with Crippen molar-refractivity contribution in [1.29, 1.82) is 0 Å². The molecule has 1 aliphatic heterocycles. The Labute approximate surface area is 147 Å². The maximum atomic E-state index is 13.7. The molecule has 0 amide bonds. The molecule has 0 saturated heterocycles. The normalized spacial score (nSPS) is 16.4. The first-order valence-electron chi connectivity index (χ1n) is 8.23. The van der Waals surface area contributed by atoms with Crippen LogP contribution in [-0.4, -0.2) is 25.6 Å². The van der Waals surface area contributed by atoms with Crippen molar-refractivity contribution < 1.29 is 13.9 Å². The Morgan fingerprint density at radius 2 is 1.76 bits per heavy atom. The zero-order valence-electron chi connectivity index (χ0n) is 14.8. The van der Waals surface area contributed by atoms with E-state index in [9.17, 15) is 4.39 Å². The molecule has 0 saturated carbocycles. The van der Waals surface area contributed by atoms with Gasteiger partial charge < -0.3 is 9.47 Å². The predicted molar refractivity (Wildman–Crippen MR) is 97.7 cm³/mol. The largest absolute Gasteiger partial charge is 0.493 e. The fourth-order valence-corrected chi connectivity index (χ4v) is 3.23. The monoisotopic (exact) mass is 340 g/mol. The second-order valence-corrected chi connectivity index (χ2v) is 5.96. The lowest BCUT2D eigenvalue weighted by atomic mass is 9.85. The maximum Gasteiger partial charge on any atom is 0.161 e. The molecule has 1 atom stereocenters. The fourth-order valence-electron chi connectivity index (χ4n) is 3.23. The number of nitrogens with zero attached hydrogens (tertiary/aromatic N) is 2. The maximum absolute atomic E-state index is 13.7. The van der Waals surface area contributed by atoms with E-state index in [1.807, 2.05) is 25.1 Å². The number of hydrogen-bond donors (Lipinski definition) is 0. The molecule has 0 radical (unpaired) electrons. The van der Waals surface area contributed by atoms with Gasteiger partial charge in [-0.1, -0.05) is 19.1 Å². The van der Waals surface area contributed by atoms with Crippen LogP contribution in [0.1, 0.15) is 42.9 Å². The van der Waals surface area contributed by atoms with Gasteiger partial charge in [0.25, 0.3) is 0 Å². The van der Waals surface area contributed by atoms with E-state index in [0.717, 1.165) is 23.3 Å².